The molecule has 0 N–H and O–H groups in total. The number of aryl methyl sites for hydroxylation is 1. The highest BCUT2D eigenvalue weighted by Crippen LogP contribution is 2.32. The molecule has 1 unspecified atom stereocenters. The molecule has 2 aromatic rings. The van der Waals surface area contributed by atoms with E-state index in [0.717, 1.165) is 57.9 Å². The minimum absolute atomic E-state index is 0.00714. The lowest BCUT2D eigenvalue weighted by Gasteiger charge is -2.27. The van der Waals surface area contributed by atoms with Crippen LogP contribution in [0.5, 0.6) is 0 Å². The number of amides is 1. The van der Waals surface area contributed by atoms with Gasteiger partial charge in [-0.1, -0.05) is 6.07 Å². The first-order valence-corrected chi connectivity index (χ1v) is 9.26. The van der Waals surface area contributed by atoms with Gasteiger partial charge in [0.25, 0.3) is 5.91 Å². The molecule has 2 fully saturated rings. The van der Waals surface area contributed by atoms with E-state index in [0.29, 0.717) is 5.69 Å². The predicted octanol–water partition coefficient (Wildman–Crippen LogP) is 1.62. The van der Waals surface area contributed by atoms with Crippen LogP contribution in [0, 0.1) is 0 Å². The van der Waals surface area contributed by atoms with Crippen molar-refractivity contribution in [2.75, 3.05) is 32.8 Å². The van der Waals surface area contributed by atoms with Gasteiger partial charge in [0.05, 0.1) is 24.9 Å². The Morgan fingerprint density at radius 3 is 2.77 bits per heavy atom. The van der Waals surface area contributed by atoms with Gasteiger partial charge >= 0.3 is 0 Å². The molecule has 2 aromatic heterocycles. The maximum atomic E-state index is 12.8. The highest BCUT2D eigenvalue weighted by molar-refractivity contribution is 5.92. The topological polar surface area (TPSA) is 63.5 Å². The molecule has 138 valence electrons. The molecule has 0 aliphatic carbocycles. The van der Waals surface area contributed by atoms with Gasteiger partial charge in [0.15, 0.2) is 0 Å². The average Bonchev–Trinajstić information content (AvgIpc) is 3.32. The Morgan fingerprint density at radius 1 is 1.23 bits per heavy atom. The summed E-state index contributed by atoms with van der Waals surface area (Å²) < 4.78 is 7.06. The molecule has 2 aliphatic heterocycles. The second-order valence-electron chi connectivity index (χ2n) is 7.01. The first-order chi connectivity index (χ1) is 12.7. The summed E-state index contributed by atoms with van der Waals surface area (Å²) >= 11 is 0. The molecule has 2 aliphatic rings. The van der Waals surface area contributed by atoms with Crippen LogP contribution in [0.25, 0.3) is 0 Å². The smallest absolute Gasteiger partial charge is 0.274 e. The maximum absolute atomic E-state index is 12.8. The van der Waals surface area contributed by atoms with Gasteiger partial charge in [0, 0.05) is 45.6 Å². The summed E-state index contributed by atoms with van der Waals surface area (Å²) in [5, 5.41) is 4.25. The Hall–Kier alpha value is -2.25. The Balaban J connectivity index is 1.44. The van der Waals surface area contributed by atoms with Crippen LogP contribution in [0.1, 0.15) is 40.6 Å². The third-order valence-electron chi connectivity index (χ3n) is 5.15. The van der Waals surface area contributed by atoms with Gasteiger partial charge in [0.1, 0.15) is 5.69 Å². The summed E-state index contributed by atoms with van der Waals surface area (Å²) in [5.74, 6) is -0.00714. The molecule has 4 rings (SSSR count). The number of likely N-dealkylation sites (tertiary alicyclic amines) is 1. The number of ether oxygens (including phenoxy) is 1. The molecule has 1 atom stereocenters. The van der Waals surface area contributed by atoms with Crippen LogP contribution in [0.2, 0.25) is 0 Å². The highest BCUT2D eigenvalue weighted by Gasteiger charge is 2.32. The van der Waals surface area contributed by atoms with E-state index in [1.807, 2.05) is 18.1 Å². The predicted molar refractivity (Wildman–Crippen MR) is 96.6 cm³/mol. The van der Waals surface area contributed by atoms with Crippen molar-refractivity contribution in [1.82, 2.24) is 24.6 Å². The summed E-state index contributed by atoms with van der Waals surface area (Å²) in [6, 6.07) is 6.03. The standard InChI is InChI=1S/C19H25N5O2/c1-22-8-6-17(21-22)19(25)24-7-2-3-18(24)16-5-4-15(13-20-16)14-23-9-11-26-12-10-23/h4-6,8,13,18H,2-3,7,9-12,14H2,1H3. The summed E-state index contributed by atoms with van der Waals surface area (Å²) in [6.45, 7) is 5.21. The fraction of sp³-hybridized carbons (Fsp3) is 0.526. The lowest BCUT2D eigenvalue weighted by molar-refractivity contribution is 0.0341. The van der Waals surface area contributed by atoms with Gasteiger partial charge in [-0.25, -0.2) is 0 Å². The Labute approximate surface area is 153 Å². The molecular formula is C19H25N5O2. The molecule has 26 heavy (non-hydrogen) atoms. The number of morpholine rings is 1. The van der Waals surface area contributed by atoms with E-state index in [9.17, 15) is 4.79 Å². The van der Waals surface area contributed by atoms with Crippen molar-refractivity contribution in [1.29, 1.82) is 0 Å². The van der Waals surface area contributed by atoms with E-state index in [1.54, 1.807) is 16.9 Å². The number of pyridine rings is 1. The van der Waals surface area contributed by atoms with Gasteiger partial charge < -0.3 is 9.64 Å². The average molecular weight is 355 g/mol. The zero-order valence-corrected chi connectivity index (χ0v) is 15.2. The quantitative estimate of drug-likeness (QED) is 0.834. The molecule has 0 bridgehead atoms. The molecule has 0 saturated carbocycles. The Bertz CT molecular complexity index is 752. The van der Waals surface area contributed by atoms with Crippen LogP contribution >= 0.6 is 0 Å². The van der Waals surface area contributed by atoms with Gasteiger partial charge in [0.2, 0.25) is 0 Å². The second kappa shape index (κ2) is 7.55. The number of carbonyl (C=O) groups excluding carboxylic acids is 1. The van der Waals surface area contributed by atoms with E-state index in [-0.39, 0.29) is 11.9 Å². The van der Waals surface area contributed by atoms with E-state index in [1.165, 1.54) is 5.56 Å². The third kappa shape index (κ3) is 3.64. The molecule has 7 heteroatoms. The lowest BCUT2D eigenvalue weighted by Crippen LogP contribution is -2.35. The van der Waals surface area contributed by atoms with Crippen molar-refractivity contribution >= 4 is 5.91 Å². The van der Waals surface area contributed by atoms with E-state index < -0.39 is 0 Å². The van der Waals surface area contributed by atoms with Crippen LogP contribution in [0.4, 0.5) is 0 Å². The van der Waals surface area contributed by atoms with E-state index in [2.05, 4.69) is 27.1 Å². The van der Waals surface area contributed by atoms with E-state index in [4.69, 9.17) is 4.74 Å². The molecule has 0 radical (unpaired) electrons. The van der Waals surface area contributed by atoms with Crippen molar-refractivity contribution in [3.8, 4) is 0 Å². The Kier molecular flexibility index (Phi) is 4.99. The molecule has 4 heterocycles. The fourth-order valence-corrected chi connectivity index (χ4v) is 3.74. The van der Waals surface area contributed by atoms with Crippen molar-refractivity contribution in [3.05, 3.63) is 47.5 Å². The fourth-order valence-electron chi connectivity index (χ4n) is 3.74. The zero-order chi connectivity index (χ0) is 17.9. The van der Waals surface area contributed by atoms with Crippen LogP contribution in [-0.4, -0.2) is 63.3 Å². The van der Waals surface area contributed by atoms with Gasteiger partial charge in [-0.15, -0.1) is 0 Å². The number of hydrogen-bond acceptors (Lipinski definition) is 5. The number of hydrogen-bond donors (Lipinski definition) is 0. The molecule has 0 spiro atoms. The van der Waals surface area contributed by atoms with E-state index >= 15 is 0 Å². The third-order valence-corrected chi connectivity index (χ3v) is 5.15. The van der Waals surface area contributed by atoms with Crippen molar-refractivity contribution in [3.63, 3.8) is 0 Å². The highest BCUT2D eigenvalue weighted by atomic mass is 16.5. The first-order valence-electron chi connectivity index (χ1n) is 9.26. The van der Waals surface area contributed by atoms with Gasteiger partial charge in [-0.3, -0.25) is 19.4 Å². The summed E-state index contributed by atoms with van der Waals surface area (Å²) in [6.07, 6.45) is 5.71. The van der Waals surface area contributed by atoms with Crippen molar-refractivity contribution in [2.45, 2.75) is 25.4 Å². The zero-order valence-electron chi connectivity index (χ0n) is 15.2. The number of aromatic nitrogens is 3. The van der Waals surface area contributed by atoms with Crippen LogP contribution in [-0.2, 0) is 18.3 Å². The summed E-state index contributed by atoms with van der Waals surface area (Å²) in [4.78, 5) is 21.7. The maximum Gasteiger partial charge on any atom is 0.274 e. The minimum Gasteiger partial charge on any atom is -0.379 e. The minimum atomic E-state index is -0.00714. The molecule has 7 nitrogen and oxygen atoms in total. The summed E-state index contributed by atoms with van der Waals surface area (Å²) in [7, 11) is 1.83. The number of carbonyl (C=O) groups is 1. The monoisotopic (exact) mass is 355 g/mol. The van der Waals surface area contributed by atoms with Crippen LogP contribution < -0.4 is 0 Å². The normalized spacial score (nSPS) is 21.3. The molecule has 0 aromatic carbocycles. The van der Waals surface area contributed by atoms with Crippen LogP contribution in [0.15, 0.2) is 30.6 Å². The van der Waals surface area contributed by atoms with Crippen molar-refractivity contribution in [2.24, 2.45) is 7.05 Å². The second-order valence-corrected chi connectivity index (χ2v) is 7.01. The van der Waals surface area contributed by atoms with Crippen LogP contribution in [0.3, 0.4) is 0 Å². The SMILES string of the molecule is Cn1ccc(C(=O)N2CCCC2c2ccc(CN3CCOCC3)cn2)n1. The molecular weight excluding hydrogens is 330 g/mol. The number of nitrogens with zero attached hydrogens (tertiary/aromatic N) is 5. The summed E-state index contributed by atoms with van der Waals surface area (Å²) in [5.41, 5.74) is 2.68. The Morgan fingerprint density at radius 2 is 2.08 bits per heavy atom. The van der Waals surface area contributed by atoms with Gasteiger partial charge in [-0.2, -0.15) is 5.10 Å². The molecule has 1 amide bonds. The largest absolute Gasteiger partial charge is 0.379 e. The molecule has 2 saturated heterocycles. The van der Waals surface area contributed by atoms with Crippen molar-refractivity contribution < 1.29 is 9.53 Å². The first kappa shape index (κ1) is 17.2. The van der Waals surface area contributed by atoms with Gasteiger partial charge in [-0.05, 0) is 30.5 Å². The number of rotatable bonds is 4. The lowest BCUT2D eigenvalue weighted by atomic mass is 10.1.